The fraction of sp³-hybridized carbons (Fsp3) is 0.400. The first-order valence-electron chi connectivity index (χ1n) is 10.2. The summed E-state index contributed by atoms with van der Waals surface area (Å²) in [5.41, 5.74) is 3.68. The number of methoxy groups -OCH3 is 1. The molecule has 4 heterocycles. The zero-order chi connectivity index (χ0) is 21.2. The van der Waals surface area contributed by atoms with Crippen molar-refractivity contribution in [2.75, 3.05) is 19.0 Å². The monoisotopic (exact) mass is 421 g/mol. The summed E-state index contributed by atoms with van der Waals surface area (Å²) >= 11 is 0. The summed E-state index contributed by atoms with van der Waals surface area (Å²) in [6, 6.07) is 4.01. The molecule has 2 N–H and O–H groups in total. The van der Waals surface area contributed by atoms with Gasteiger partial charge in [0, 0.05) is 24.9 Å². The molecule has 0 bridgehead atoms. The smallest absolute Gasteiger partial charge is 0.225 e. The van der Waals surface area contributed by atoms with E-state index >= 15 is 0 Å². The van der Waals surface area contributed by atoms with Crippen molar-refractivity contribution in [1.29, 1.82) is 0 Å². The van der Waals surface area contributed by atoms with Crippen molar-refractivity contribution in [2.24, 2.45) is 0 Å². The van der Waals surface area contributed by atoms with Gasteiger partial charge in [0.25, 0.3) is 0 Å². The lowest BCUT2D eigenvalue weighted by Crippen LogP contribution is -2.18. The average molecular weight is 421 g/mol. The third kappa shape index (κ3) is 4.09. The van der Waals surface area contributed by atoms with E-state index < -0.39 is 0 Å². The number of aromatic nitrogens is 8. The van der Waals surface area contributed by atoms with Crippen LogP contribution in [0.3, 0.4) is 0 Å². The zero-order valence-corrected chi connectivity index (χ0v) is 17.1. The van der Waals surface area contributed by atoms with Gasteiger partial charge in [-0.15, -0.1) is 5.10 Å². The van der Waals surface area contributed by atoms with E-state index in [0.29, 0.717) is 36.7 Å². The SMILES string of the molecule is COCCn1cc(-c2ccc(-n3nnc4cnc(N[C@H]5CC[C@H](O)C5)nc43)cn2)cn1. The van der Waals surface area contributed by atoms with Crippen molar-refractivity contribution in [3.8, 4) is 16.9 Å². The molecule has 1 fully saturated rings. The van der Waals surface area contributed by atoms with Crippen LogP contribution in [0.2, 0.25) is 0 Å². The summed E-state index contributed by atoms with van der Waals surface area (Å²) in [5, 5.41) is 25.7. The number of nitrogens with zero attached hydrogens (tertiary/aromatic N) is 8. The maximum Gasteiger partial charge on any atom is 0.225 e. The average Bonchev–Trinajstić information content (AvgIpc) is 3.52. The van der Waals surface area contributed by atoms with Gasteiger partial charge in [0.05, 0.1) is 49.2 Å². The second-order valence-corrected chi connectivity index (χ2v) is 7.60. The molecule has 4 aromatic heterocycles. The second-order valence-electron chi connectivity index (χ2n) is 7.60. The maximum absolute atomic E-state index is 9.73. The highest BCUT2D eigenvalue weighted by Gasteiger charge is 2.23. The number of aliphatic hydroxyl groups excluding tert-OH is 1. The van der Waals surface area contributed by atoms with Gasteiger partial charge in [-0.2, -0.15) is 14.8 Å². The summed E-state index contributed by atoms with van der Waals surface area (Å²) in [6.07, 6.45) is 9.24. The Morgan fingerprint density at radius 2 is 2.13 bits per heavy atom. The number of fused-ring (bicyclic) bond motifs is 1. The molecule has 1 aliphatic carbocycles. The van der Waals surface area contributed by atoms with Crippen LogP contribution in [0.15, 0.2) is 36.9 Å². The standard InChI is InChI=1S/C20H23N9O2/c1-31-7-6-28-12-13(9-23-28)17-5-3-15(10-21-17)29-19-18(26-27-29)11-22-20(25-19)24-14-2-4-16(30)8-14/h3,5,9-12,14,16,30H,2,4,6-8H2,1H3,(H,22,24,25)/t14-,16-/m0/s1. The van der Waals surface area contributed by atoms with Crippen molar-refractivity contribution in [3.05, 3.63) is 36.9 Å². The molecule has 1 aliphatic rings. The van der Waals surface area contributed by atoms with E-state index in [9.17, 15) is 5.11 Å². The fourth-order valence-corrected chi connectivity index (χ4v) is 3.73. The Morgan fingerprint density at radius 1 is 1.19 bits per heavy atom. The number of nitrogens with one attached hydrogen (secondary N) is 1. The van der Waals surface area contributed by atoms with Crippen LogP contribution in [-0.4, -0.2) is 70.7 Å². The molecule has 31 heavy (non-hydrogen) atoms. The Kier molecular flexibility index (Phi) is 5.26. The van der Waals surface area contributed by atoms with Gasteiger partial charge < -0.3 is 15.2 Å². The van der Waals surface area contributed by atoms with Crippen LogP contribution in [0, 0.1) is 0 Å². The van der Waals surface area contributed by atoms with Crippen LogP contribution in [0.5, 0.6) is 0 Å². The molecule has 5 rings (SSSR count). The number of pyridine rings is 1. The molecule has 0 aromatic carbocycles. The number of ether oxygens (including phenoxy) is 1. The van der Waals surface area contributed by atoms with Crippen molar-refractivity contribution < 1.29 is 9.84 Å². The summed E-state index contributed by atoms with van der Waals surface area (Å²) < 4.78 is 8.56. The summed E-state index contributed by atoms with van der Waals surface area (Å²) in [7, 11) is 1.67. The van der Waals surface area contributed by atoms with E-state index in [2.05, 4.69) is 35.7 Å². The lowest BCUT2D eigenvalue weighted by Gasteiger charge is -2.11. The maximum atomic E-state index is 9.73. The first-order chi connectivity index (χ1) is 15.2. The number of hydrogen-bond donors (Lipinski definition) is 2. The van der Waals surface area contributed by atoms with E-state index in [0.717, 1.165) is 29.8 Å². The molecule has 0 unspecified atom stereocenters. The van der Waals surface area contributed by atoms with Gasteiger partial charge in [-0.25, -0.2) is 4.98 Å². The van der Waals surface area contributed by atoms with Crippen LogP contribution in [0.1, 0.15) is 19.3 Å². The zero-order valence-electron chi connectivity index (χ0n) is 17.1. The van der Waals surface area contributed by atoms with Crippen LogP contribution >= 0.6 is 0 Å². The third-order valence-electron chi connectivity index (χ3n) is 5.38. The van der Waals surface area contributed by atoms with Crippen LogP contribution in [-0.2, 0) is 11.3 Å². The molecular formula is C20H23N9O2. The van der Waals surface area contributed by atoms with E-state index in [1.165, 1.54) is 0 Å². The predicted molar refractivity (Wildman–Crippen MR) is 113 cm³/mol. The summed E-state index contributed by atoms with van der Waals surface area (Å²) in [4.78, 5) is 13.5. The van der Waals surface area contributed by atoms with Crippen molar-refractivity contribution in [2.45, 2.75) is 38.0 Å². The lowest BCUT2D eigenvalue weighted by atomic mass is 10.2. The molecule has 0 saturated heterocycles. The van der Waals surface area contributed by atoms with E-state index in [-0.39, 0.29) is 12.1 Å². The minimum atomic E-state index is -0.259. The molecule has 4 aromatic rings. The number of rotatable bonds is 7. The minimum Gasteiger partial charge on any atom is -0.393 e. The number of aliphatic hydroxyl groups is 1. The van der Waals surface area contributed by atoms with Gasteiger partial charge in [0.15, 0.2) is 11.2 Å². The Labute approximate surface area is 178 Å². The molecule has 1 saturated carbocycles. The Balaban J connectivity index is 1.37. The Bertz CT molecular complexity index is 1170. The van der Waals surface area contributed by atoms with Crippen LogP contribution in [0.4, 0.5) is 5.95 Å². The highest BCUT2D eigenvalue weighted by atomic mass is 16.5. The van der Waals surface area contributed by atoms with Gasteiger partial charge in [0.1, 0.15) is 0 Å². The molecule has 11 nitrogen and oxygen atoms in total. The van der Waals surface area contributed by atoms with E-state index in [1.54, 1.807) is 30.4 Å². The minimum absolute atomic E-state index is 0.169. The first kappa shape index (κ1) is 19.5. The van der Waals surface area contributed by atoms with Crippen LogP contribution in [0.25, 0.3) is 28.1 Å². The van der Waals surface area contributed by atoms with Gasteiger partial charge >= 0.3 is 0 Å². The van der Waals surface area contributed by atoms with Crippen LogP contribution < -0.4 is 5.32 Å². The molecule has 0 spiro atoms. The normalized spacial score (nSPS) is 18.6. The lowest BCUT2D eigenvalue weighted by molar-refractivity contribution is 0.182. The fourth-order valence-electron chi connectivity index (χ4n) is 3.73. The first-order valence-corrected chi connectivity index (χ1v) is 10.2. The Hall–Kier alpha value is -3.44. The van der Waals surface area contributed by atoms with Gasteiger partial charge in [0.2, 0.25) is 5.95 Å². The topological polar surface area (TPSA) is 129 Å². The summed E-state index contributed by atoms with van der Waals surface area (Å²) in [6.45, 7) is 1.29. The Morgan fingerprint density at radius 3 is 2.90 bits per heavy atom. The van der Waals surface area contributed by atoms with Gasteiger partial charge in [-0.3, -0.25) is 9.67 Å². The quantitative estimate of drug-likeness (QED) is 0.455. The van der Waals surface area contributed by atoms with E-state index in [1.807, 2.05) is 23.0 Å². The summed E-state index contributed by atoms with van der Waals surface area (Å²) in [5.74, 6) is 0.503. The van der Waals surface area contributed by atoms with Crippen molar-refractivity contribution in [1.82, 2.24) is 39.7 Å². The molecule has 160 valence electrons. The van der Waals surface area contributed by atoms with Gasteiger partial charge in [-0.05, 0) is 31.4 Å². The second kappa shape index (κ2) is 8.36. The number of hydrogen-bond acceptors (Lipinski definition) is 9. The van der Waals surface area contributed by atoms with Gasteiger partial charge in [-0.1, -0.05) is 5.21 Å². The predicted octanol–water partition coefficient (Wildman–Crippen LogP) is 1.44. The molecule has 0 amide bonds. The number of anilines is 1. The van der Waals surface area contributed by atoms with Crippen molar-refractivity contribution >= 4 is 17.1 Å². The molecule has 11 heteroatoms. The molecular weight excluding hydrogens is 398 g/mol. The molecule has 0 radical (unpaired) electrons. The highest BCUT2D eigenvalue weighted by molar-refractivity contribution is 5.72. The largest absolute Gasteiger partial charge is 0.393 e. The molecule has 0 aliphatic heterocycles. The third-order valence-corrected chi connectivity index (χ3v) is 5.38. The highest BCUT2D eigenvalue weighted by Crippen LogP contribution is 2.23. The molecule has 2 atom stereocenters. The van der Waals surface area contributed by atoms with E-state index in [4.69, 9.17) is 4.74 Å². The van der Waals surface area contributed by atoms with Crippen molar-refractivity contribution in [3.63, 3.8) is 0 Å².